The van der Waals surface area contributed by atoms with Crippen molar-refractivity contribution in [2.24, 2.45) is 0 Å². The third-order valence-electron chi connectivity index (χ3n) is 7.17. The average molecular weight is 452 g/mol. The van der Waals surface area contributed by atoms with Gasteiger partial charge in [0.05, 0.1) is 16.6 Å². The van der Waals surface area contributed by atoms with Gasteiger partial charge in [-0.25, -0.2) is 9.97 Å². The van der Waals surface area contributed by atoms with E-state index in [0.29, 0.717) is 5.92 Å². The Kier molecular flexibility index (Phi) is 5.36. The summed E-state index contributed by atoms with van der Waals surface area (Å²) in [6, 6.07) is 18.7. The maximum absolute atomic E-state index is 14.0. The second kappa shape index (κ2) is 8.67. The second-order valence-corrected chi connectivity index (χ2v) is 9.57. The van der Waals surface area contributed by atoms with Crippen LogP contribution in [0.25, 0.3) is 16.9 Å². The summed E-state index contributed by atoms with van der Waals surface area (Å²) in [5.74, 6) is 1.28. The number of rotatable bonds is 6. The van der Waals surface area contributed by atoms with Crippen LogP contribution >= 0.6 is 0 Å². The summed E-state index contributed by atoms with van der Waals surface area (Å²) < 4.78 is 1.80. The molecular formula is C28H29N5O. The first-order valence-corrected chi connectivity index (χ1v) is 12.4. The zero-order valence-electron chi connectivity index (χ0n) is 19.5. The van der Waals surface area contributed by atoms with Crippen molar-refractivity contribution in [2.75, 3.05) is 6.54 Å². The number of benzene rings is 1. The maximum Gasteiger partial charge on any atom is 0.254 e. The van der Waals surface area contributed by atoms with Crippen LogP contribution in [0, 0.1) is 6.92 Å². The van der Waals surface area contributed by atoms with Crippen LogP contribution in [0.1, 0.15) is 65.3 Å². The van der Waals surface area contributed by atoms with E-state index in [1.54, 1.807) is 10.9 Å². The van der Waals surface area contributed by atoms with Gasteiger partial charge in [0.25, 0.3) is 5.91 Å². The molecule has 1 saturated carbocycles. The van der Waals surface area contributed by atoms with E-state index in [2.05, 4.69) is 40.2 Å². The Morgan fingerprint density at radius 1 is 1.06 bits per heavy atom. The molecule has 2 aliphatic rings. The van der Waals surface area contributed by atoms with Crippen molar-refractivity contribution in [3.05, 3.63) is 83.3 Å². The van der Waals surface area contributed by atoms with Gasteiger partial charge in [-0.2, -0.15) is 9.78 Å². The van der Waals surface area contributed by atoms with Crippen LogP contribution in [0.3, 0.4) is 0 Å². The zero-order chi connectivity index (χ0) is 23.1. The third kappa shape index (κ3) is 3.87. The quantitative estimate of drug-likeness (QED) is 0.402. The molecule has 2 fully saturated rings. The number of likely N-dealkylation sites (tertiary alicyclic amines) is 1. The Bertz CT molecular complexity index is 1330. The lowest BCUT2D eigenvalue weighted by Gasteiger charge is -2.25. The third-order valence-corrected chi connectivity index (χ3v) is 7.17. The number of pyridine rings is 2. The Hall–Kier alpha value is -3.54. The van der Waals surface area contributed by atoms with Crippen molar-refractivity contribution in [1.82, 2.24) is 24.6 Å². The molecule has 1 aliphatic carbocycles. The molecule has 6 rings (SSSR count). The molecule has 6 nitrogen and oxygen atoms in total. The highest BCUT2D eigenvalue weighted by atomic mass is 16.2. The smallest absolute Gasteiger partial charge is 0.254 e. The molecule has 0 N–H and O–H groups in total. The van der Waals surface area contributed by atoms with Crippen molar-refractivity contribution in [1.29, 1.82) is 0 Å². The molecule has 0 spiro atoms. The molecule has 1 atom stereocenters. The van der Waals surface area contributed by atoms with Crippen molar-refractivity contribution in [3.63, 3.8) is 0 Å². The predicted molar refractivity (Wildman–Crippen MR) is 132 cm³/mol. The number of fused-ring (bicyclic) bond motifs is 1. The molecule has 1 amide bonds. The van der Waals surface area contributed by atoms with Crippen LogP contribution in [-0.2, 0) is 6.42 Å². The van der Waals surface area contributed by atoms with Gasteiger partial charge in [0.1, 0.15) is 0 Å². The number of hydrogen-bond donors (Lipinski definition) is 0. The molecule has 1 saturated heterocycles. The lowest BCUT2D eigenvalue weighted by Crippen LogP contribution is -2.36. The van der Waals surface area contributed by atoms with Gasteiger partial charge in [-0.05, 0) is 69.2 Å². The van der Waals surface area contributed by atoms with Crippen LogP contribution < -0.4 is 0 Å². The summed E-state index contributed by atoms with van der Waals surface area (Å²) >= 11 is 0. The van der Waals surface area contributed by atoms with Crippen molar-refractivity contribution in [3.8, 4) is 5.82 Å². The van der Waals surface area contributed by atoms with E-state index < -0.39 is 0 Å². The first kappa shape index (κ1) is 21.0. The highest BCUT2D eigenvalue weighted by Crippen LogP contribution is 2.41. The Morgan fingerprint density at radius 3 is 2.65 bits per heavy atom. The fraction of sp³-hybridized carbons (Fsp3) is 0.357. The Balaban J connectivity index is 1.37. The zero-order valence-corrected chi connectivity index (χ0v) is 19.5. The van der Waals surface area contributed by atoms with Gasteiger partial charge < -0.3 is 4.90 Å². The molecular weight excluding hydrogens is 422 g/mol. The average Bonchev–Trinajstić information content (AvgIpc) is 3.54. The normalized spacial score (nSPS) is 18.0. The van der Waals surface area contributed by atoms with E-state index in [-0.39, 0.29) is 11.9 Å². The lowest BCUT2D eigenvalue weighted by molar-refractivity contribution is 0.0732. The summed E-state index contributed by atoms with van der Waals surface area (Å²) in [5, 5.41) is 5.62. The Morgan fingerprint density at radius 2 is 1.88 bits per heavy atom. The monoisotopic (exact) mass is 451 g/mol. The van der Waals surface area contributed by atoms with E-state index in [1.807, 2.05) is 31.2 Å². The van der Waals surface area contributed by atoms with Gasteiger partial charge in [-0.15, -0.1) is 0 Å². The molecule has 1 aromatic carbocycles. The highest BCUT2D eigenvalue weighted by molar-refractivity contribution is 6.07. The number of hydrogen-bond acceptors (Lipinski definition) is 4. The molecule has 1 unspecified atom stereocenters. The van der Waals surface area contributed by atoms with Crippen LogP contribution in [-0.4, -0.2) is 43.1 Å². The highest BCUT2D eigenvalue weighted by Gasteiger charge is 2.33. The van der Waals surface area contributed by atoms with Crippen molar-refractivity contribution >= 4 is 16.9 Å². The predicted octanol–water partition coefficient (Wildman–Crippen LogP) is 5.24. The van der Waals surface area contributed by atoms with Crippen molar-refractivity contribution in [2.45, 2.75) is 57.4 Å². The number of aromatic nitrogens is 4. The van der Waals surface area contributed by atoms with Crippen LogP contribution in [0.4, 0.5) is 0 Å². The van der Waals surface area contributed by atoms with E-state index in [4.69, 9.17) is 10.1 Å². The molecule has 4 heterocycles. The fourth-order valence-corrected chi connectivity index (χ4v) is 5.24. The van der Waals surface area contributed by atoms with E-state index in [1.165, 1.54) is 5.56 Å². The molecule has 172 valence electrons. The lowest BCUT2D eigenvalue weighted by atomic mass is 10.0. The van der Waals surface area contributed by atoms with Crippen LogP contribution in [0.2, 0.25) is 0 Å². The molecule has 3 aromatic heterocycles. The van der Waals surface area contributed by atoms with Gasteiger partial charge in [-0.3, -0.25) is 4.79 Å². The van der Waals surface area contributed by atoms with Gasteiger partial charge in [0, 0.05) is 30.4 Å². The Labute approximate surface area is 199 Å². The summed E-state index contributed by atoms with van der Waals surface area (Å²) in [7, 11) is 0. The number of nitrogens with zero attached hydrogens (tertiary/aromatic N) is 5. The largest absolute Gasteiger partial charge is 0.336 e. The molecule has 0 radical (unpaired) electrons. The van der Waals surface area contributed by atoms with Gasteiger partial charge in [0.2, 0.25) is 0 Å². The number of aryl methyl sites for hydroxylation is 2. The van der Waals surface area contributed by atoms with Gasteiger partial charge >= 0.3 is 0 Å². The first-order chi connectivity index (χ1) is 16.7. The minimum absolute atomic E-state index is 0.119. The molecule has 1 aliphatic heterocycles. The van der Waals surface area contributed by atoms with Crippen LogP contribution in [0.5, 0.6) is 0 Å². The fourth-order valence-electron chi connectivity index (χ4n) is 5.24. The summed E-state index contributed by atoms with van der Waals surface area (Å²) in [6.07, 6.45) is 8.13. The minimum Gasteiger partial charge on any atom is -0.336 e. The maximum atomic E-state index is 14.0. The summed E-state index contributed by atoms with van der Waals surface area (Å²) in [6.45, 7) is 2.78. The van der Waals surface area contributed by atoms with E-state index >= 15 is 0 Å². The minimum atomic E-state index is 0.119. The second-order valence-electron chi connectivity index (χ2n) is 9.57. The van der Waals surface area contributed by atoms with E-state index in [9.17, 15) is 4.79 Å². The SMILES string of the molecule is Cc1nn(-c2ccccn2)c2nc(C3CC3)cc(C(=O)N3CCCC3CCc3ccccc3)c12. The standard InChI is InChI=1S/C28H29N5O/c1-19-26-23(28(34)32-17-7-10-22(32)15-12-20-8-3-2-4-9-20)18-24(21-13-14-21)30-27(26)33(31-19)25-11-5-6-16-29-25/h2-6,8-9,11,16,18,21-22H,7,10,12-15,17H2,1H3. The molecule has 34 heavy (non-hydrogen) atoms. The van der Waals surface area contributed by atoms with Gasteiger partial charge in [-0.1, -0.05) is 36.4 Å². The van der Waals surface area contributed by atoms with Gasteiger partial charge in [0.15, 0.2) is 11.5 Å². The number of amides is 1. The number of carbonyl (C=O) groups is 1. The molecule has 6 heteroatoms. The summed E-state index contributed by atoms with van der Waals surface area (Å²) in [4.78, 5) is 25.6. The molecule has 0 bridgehead atoms. The van der Waals surface area contributed by atoms with Crippen LogP contribution in [0.15, 0.2) is 60.8 Å². The summed E-state index contributed by atoms with van der Waals surface area (Å²) in [5.41, 5.74) is 4.64. The van der Waals surface area contributed by atoms with Crippen molar-refractivity contribution < 1.29 is 4.79 Å². The van der Waals surface area contributed by atoms with E-state index in [0.717, 1.165) is 78.9 Å². The topological polar surface area (TPSA) is 63.9 Å². The first-order valence-electron chi connectivity index (χ1n) is 12.4. The number of carbonyl (C=O) groups excluding carboxylic acids is 1. The molecule has 4 aromatic rings.